The van der Waals surface area contributed by atoms with E-state index >= 15 is 0 Å². The minimum absolute atomic E-state index is 0.991. The van der Waals surface area contributed by atoms with Crippen LogP contribution in [0.25, 0.3) is 0 Å². The Labute approximate surface area is 371 Å². The average Bonchev–Trinajstić information content (AvgIpc) is 3.67. The van der Waals surface area contributed by atoms with Crippen LogP contribution in [0.4, 0.5) is 0 Å². The van der Waals surface area contributed by atoms with Crippen molar-refractivity contribution in [2.24, 2.45) is 59.2 Å². The Morgan fingerprint density at radius 1 is 0.169 bits per heavy atom. The lowest BCUT2D eigenvalue weighted by Gasteiger charge is -2.49. The van der Waals surface area contributed by atoms with Gasteiger partial charge in [-0.25, -0.2) is 0 Å². The molecule has 15 aliphatic rings. The summed E-state index contributed by atoms with van der Waals surface area (Å²) in [4.78, 5) is 0. The van der Waals surface area contributed by atoms with Gasteiger partial charge in [0.05, 0.1) is 0 Å². The van der Waals surface area contributed by atoms with Crippen molar-refractivity contribution in [3.63, 3.8) is 0 Å². The average molecular weight is 815 g/mol. The highest BCUT2D eigenvalue weighted by atomic mass is 14.5. The largest absolute Gasteiger partial charge is 0.0851 e. The highest BCUT2D eigenvalue weighted by Crippen LogP contribution is 2.53. The van der Waals surface area contributed by atoms with Gasteiger partial charge in [-0.2, -0.15) is 0 Å². The molecule has 2 unspecified atom stereocenters. The minimum Gasteiger partial charge on any atom is -0.0851 e. The van der Waals surface area contributed by atoms with Gasteiger partial charge in [0.15, 0.2) is 0 Å². The van der Waals surface area contributed by atoms with Crippen molar-refractivity contribution in [3.05, 3.63) is 12.2 Å². The standard InChI is InChI=1S/C10H16.C10H18.C7H12.C7H10.C7H14.C6H12.C5H10.C4H8.C3H6/c1-7-2-9-4-8(1)5-10(3-7)6-9;1-2-6-10-8-4-3-7-9(10)5-1;2*1-2-7-4-3-6(1)5-7;1-2-4-6-7-5-3-1;1-2-4-6-5-3-1;1-2-4-5-3-1;1-2-4-3-1;1-2-3-1/h7-10H,1-6H2;9-10H,1-8H2;6-7H,1-5H2;1-2,6-7H,3-5H2;1-7H2;1-6H2;1-5H2;1-4H2;1-3H2. The van der Waals surface area contributed by atoms with E-state index in [0.29, 0.717) is 0 Å². The monoisotopic (exact) mass is 815 g/mol. The van der Waals surface area contributed by atoms with E-state index in [1.54, 1.807) is 96.3 Å². The van der Waals surface area contributed by atoms with Crippen molar-refractivity contribution in [1.29, 1.82) is 0 Å². The summed E-state index contributed by atoms with van der Waals surface area (Å²) >= 11 is 0. The molecule has 0 heterocycles. The van der Waals surface area contributed by atoms with Crippen LogP contribution in [0.15, 0.2) is 12.2 Å². The number of hydrogen-bond donors (Lipinski definition) is 0. The molecule has 0 saturated heterocycles. The maximum absolute atomic E-state index is 2.38. The highest BCUT2D eigenvalue weighted by Gasteiger charge is 2.41. The van der Waals surface area contributed by atoms with E-state index in [1.165, 1.54) is 241 Å². The first kappa shape index (κ1) is 48.2. The van der Waals surface area contributed by atoms with Crippen LogP contribution < -0.4 is 0 Å². The highest BCUT2D eigenvalue weighted by molar-refractivity contribution is 5.06. The second-order valence-corrected chi connectivity index (χ2v) is 23.6. The van der Waals surface area contributed by atoms with E-state index in [-0.39, 0.29) is 0 Å². The first-order valence-corrected chi connectivity index (χ1v) is 28.9. The summed E-state index contributed by atoms with van der Waals surface area (Å²) in [6, 6.07) is 0. The van der Waals surface area contributed by atoms with E-state index in [2.05, 4.69) is 12.2 Å². The number of fused-ring (bicyclic) bond motifs is 5. The van der Waals surface area contributed by atoms with Gasteiger partial charge in [0.25, 0.3) is 0 Å². The Bertz CT molecular complexity index is 865. The summed E-state index contributed by atoms with van der Waals surface area (Å²) < 4.78 is 0. The van der Waals surface area contributed by atoms with E-state index in [9.17, 15) is 0 Å². The molecule has 0 spiro atoms. The second kappa shape index (κ2) is 30.0. The van der Waals surface area contributed by atoms with Gasteiger partial charge >= 0.3 is 0 Å². The SMILES string of the molecule is C1=CC2CCC1C2.C1C2CC3CC1CC(C2)C3.C1CC1.C1CC2CCC1C2.C1CCC1.C1CCC2CCCCC2C1.C1CCCC1.C1CCCCC1.C1CCCCCC1. The smallest absolute Gasteiger partial charge is 0.0228 e. The zero-order valence-corrected chi connectivity index (χ0v) is 40.2. The van der Waals surface area contributed by atoms with Crippen LogP contribution in [-0.4, -0.2) is 0 Å². The van der Waals surface area contributed by atoms with Gasteiger partial charge in [-0.05, 0) is 123 Å². The van der Waals surface area contributed by atoms with Crippen molar-refractivity contribution in [2.45, 2.75) is 302 Å². The van der Waals surface area contributed by atoms with Gasteiger partial charge in [-0.3, -0.25) is 0 Å². The summed E-state index contributed by atoms with van der Waals surface area (Å²) in [7, 11) is 0. The van der Waals surface area contributed by atoms with Crippen molar-refractivity contribution < 1.29 is 0 Å². The summed E-state index contributed by atoms with van der Waals surface area (Å²) in [6.45, 7) is 0. The molecule has 0 aliphatic heterocycles. The quantitative estimate of drug-likeness (QED) is 0.169. The van der Waals surface area contributed by atoms with E-state index in [0.717, 1.165) is 23.7 Å². The van der Waals surface area contributed by atoms with Gasteiger partial charge in [-0.15, -0.1) is 0 Å². The lowest BCUT2D eigenvalue weighted by molar-refractivity contribution is 0.0198. The van der Waals surface area contributed by atoms with Crippen molar-refractivity contribution in [2.75, 3.05) is 0 Å². The molecule has 59 heavy (non-hydrogen) atoms. The first-order chi connectivity index (χ1) is 29.3. The normalized spacial score (nSPS) is 38.0. The molecule has 342 valence electrons. The van der Waals surface area contributed by atoms with Gasteiger partial charge < -0.3 is 0 Å². The number of hydrogen-bond acceptors (Lipinski definition) is 0. The Morgan fingerprint density at radius 2 is 0.373 bits per heavy atom. The van der Waals surface area contributed by atoms with Crippen LogP contribution in [0.5, 0.6) is 0 Å². The molecule has 0 heteroatoms. The molecule has 8 bridgehead atoms. The molecule has 15 rings (SSSR count). The Kier molecular flexibility index (Phi) is 24.5. The summed E-state index contributed by atoms with van der Waals surface area (Å²) in [5.41, 5.74) is 0. The van der Waals surface area contributed by atoms with E-state index in [4.69, 9.17) is 0 Å². The minimum atomic E-state index is 0.991. The van der Waals surface area contributed by atoms with Crippen LogP contribution in [0.2, 0.25) is 0 Å². The zero-order chi connectivity index (χ0) is 40.4. The van der Waals surface area contributed by atoms with Gasteiger partial charge in [0, 0.05) is 0 Å². The molecule has 2 atom stereocenters. The summed E-state index contributed by atoms with van der Waals surface area (Å²) in [6.07, 6.45) is 76.5. The third-order valence-corrected chi connectivity index (χ3v) is 18.1. The van der Waals surface area contributed by atoms with Crippen LogP contribution in [0.3, 0.4) is 0 Å². The maximum atomic E-state index is 2.38. The summed E-state index contributed by atoms with van der Waals surface area (Å²) in [5.74, 6) is 11.3. The molecule has 0 N–H and O–H groups in total. The maximum Gasteiger partial charge on any atom is -0.0228 e. The molecule has 14 saturated carbocycles. The molecule has 0 amide bonds. The van der Waals surface area contributed by atoms with Gasteiger partial charge in [-0.1, -0.05) is 250 Å². The topological polar surface area (TPSA) is 0 Å². The predicted molar refractivity (Wildman–Crippen MR) is 261 cm³/mol. The molecule has 0 aromatic carbocycles. The van der Waals surface area contributed by atoms with Crippen molar-refractivity contribution in [1.82, 2.24) is 0 Å². The fourth-order valence-electron chi connectivity index (χ4n) is 14.2. The Hall–Kier alpha value is -0.260. The molecular weight excluding hydrogens is 709 g/mol. The predicted octanol–water partition coefficient (Wildman–Crippen LogP) is 20.1. The third-order valence-electron chi connectivity index (χ3n) is 18.1. The van der Waals surface area contributed by atoms with E-state index < -0.39 is 0 Å². The third kappa shape index (κ3) is 20.9. The Balaban J connectivity index is 0.000000114. The second-order valence-electron chi connectivity index (χ2n) is 23.6. The lowest BCUT2D eigenvalue weighted by atomic mass is 9.56. The fourth-order valence-corrected chi connectivity index (χ4v) is 14.2. The van der Waals surface area contributed by atoms with Crippen LogP contribution >= 0.6 is 0 Å². The van der Waals surface area contributed by atoms with Crippen molar-refractivity contribution >= 4 is 0 Å². The zero-order valence-electron chi connectivity index (χ0n) is 40.2. The molecular formula is C59H106. The van der Waals surface area contributed by atoms with Crippen LogP contribution in [0.1, 0.15) is 302 Å². The fraction of sp³-hybridized carbons (Fsp3) is 0.966. The molecule has 0 aromatic rings. The molecule has 0 nitrogen and oxygen atoms in total. The van der Waals surface area contributed by atoms with Crippen LogP contribution in [0, 0.1) is 59.2 Å². The number of allylic oxidation sites excluding steroid dienone is 2. The van der Waals surface area contributed by atoms with Gasteiger partial charge in [0.1, 0.15) is 0 Å². The summed E-state index contributed by atoms with van der Waals surface area (Å²) in [5, 5.41) is 0. The number of rotatable bonds is 0. The molecule has 0 aromatic heterocycles. The first-order valence-electron chi connectivity index (χ1n) is 28.9. The molecule has 14 fully saturated rings. The molecule has 15 aliphatic carbocycles. The molecule has 0 radical (unpaired) electrons. The van der Waals surface area contributed by atoms with Crippen LogP contribution in [-0.2, 0) is 0 Å². The lowest BCUT2D eigenvalue weighted by Crippen LogP contribution is -2.38. The van der Waals surface area contributed by atoms with Crippen molar-refractivity contribution in [3.8, 4) is 0 Å². The van der Waals surface area contributed by atoms with Gasteiger partial charge in [0.2, 0.25) is 0 Å². The Morgan fingerprint density at radius 3 is 0.508 bits per heavy atom. The van der Waals surface area contributed by atoms with E-state index in [1.807, 2.05) is 0 Å².